The van der Waals surface area contributed by atoms with Gasteiger partial charge in [0.1, 0.15) is 17.3 Å². The molecule has 1 rings (SSSR count). The second kappa shape index (κ2) is 27.3. The zero-order chi connectivity index (χ0) is 41.9. The van der Waals surface area contributed by atoms with E-state index in [9.17, 15) is 44.2 Å². The highest BCUT2D eigenvalue weighted by Gasteiger charge is 2.26. The molecule has 0 aliphatic carbocycles. The van der Waals surface area contributed by atoms with Crippen LogP contribution in [-0.4, -0.2) is 123 Å². The van der Waals surface area contributed by atoms with E-state index >= 15 is 0 Å². The summed E-state index contributed by atoms with van der Waals surface area (Å²) in [6.07, 6.45) is 2.35. The first-order chi connectivity index (χ1) is 26.6. The minimum atomic E-state index is -1.20. The smallest absolute Gasteiger partial charge is 0.408 e. The molecule has 0 saturated carbocycles. The Labute approximate surface area is 325 Å². The minimum Gasteiger partial charge on any atom is -0.444 e. The lowest BCUT2D eigenvalue weighted by Crippen LogP contribution is -2.51. The second-order valence-corrected chi connectivity index (χ2v) is 13.3. The van der Waals surface area contributed by atoms with E-state index in [-0.39, 0.29) is 35.8 Å². The molecule has 0 aliphatic rings. The number of nitrogens with zero attached hydrogens (tertiary/aromatic N) is 2. The molecule has 2 atom stereocenters. The van der Waals surface area contributed by atoms with Gasteiger partial charge in [0.05, 0.1) is 61.1 Å². The van der Waals surface area contributed by atoms with E-state index < -0.39 is 57.8 Å². The van der Waals surface area contributed by atoms with Crippen molar-refractivity contribution < 1.29 is 52.8 Å². The maximum Gasteiger partial charge on any atom is 0.408 e. The molecule has 0 bridgehead atoms. The van der Waals surface area contributed by atoms with E-state index in [0.29, 0.717) is 84.6 Å². The number of non-ortho nitro benzene ring substituents is 1. The number of alkyl carbamates (subject to hydrolysis) is 1. The predicted octanol–water partition coefficient (Wildman–Crippen LogP) is 2.54. The number of ether oxygens (including phenoxy) is 4. The number of nitrogens with one attached hydrogen (secondary N) is 6. The van der Waals surface area contributed by atoms with Crippen molar-refractivity contribution in [2.75, 3.05) is 64.6 Å². The Balaban J connectivity index is 2.28. The quantitative estimate of drug-likeness (QED) is 0.0282. The number of carbonyl (C=O) groups excluding carboxylic acids is 5. The molecule has 0 radical (unpaired) electrons. The SMILES string of the molecule is CCCCC(NC(=O)CNC(=O)C(CCC(=O)NCCCOCCOCCOCCCNc1ccc([N+](=O)[O-])cc1[N+](=O)[O-])NC(=O)OC(C)(C)C)C(=O)C=N. The number of hydrogen-bond donors (Lipinski definition) is 6. The Bertz CT molecular complexity index is 1450. The zero-order valence-corrected chi connectivity index (χ0v) is 32.5. The molecule has 0 spiro atoms. The summed E-state index contributed by atoms with van der Waals surface area (Å²) < 4.78 is 21.7. The van der Waals surface area contributed by atoms with Crippen LogP contribution in [0.15, 0.2) is 18.2 Å². The molecule has 6 N–H and O–H groups in total. The van der Waals surface area contributed by atoms with Crippen LogP contribution in [0.1, 0.15) is 72.6 Å². The van der Waals surface area contributed by atoms with Gasteiger partial charge in [-0.3, -0.25) is 39.4 Å². The maximum atomic E-state index is 12.9. The van der Waals surface area contributed by atoms with Gasteiger partial charge in [-0.2, -0.15) is 0 Å². The van der Waals surface area contributed by atoms with E-state index in [4.69, 9.17) is 24.4 Å². The molecule has 2 unspecified atom stereocenters. The van der Waals surface area contributed by atoms with Gasteiger partial charge in [0.15, 0.2) is 5.78 Å². The number of carbonyl (C=O) groups is 5. The zero-order valence-electron chi connectivity index (χ0n) is 32.5. The number of hydrogen-bond acceptors (Lipinski definition) is 15. The Kier molecular flexibility index (Phi) is 23.8. The third kappa shape index (κ3) is 22.2. The Hall–Kier alpha value is -5.28. The summed E-state index contributed by atoms with van der Waals surface area (Å²) in [6, 6.07) is 1.31. The van der Waals surface area contributed by atoms with Crippen LogP contribution in [0.3, 0.4) is 0 Å². The van der Waals surface area contributed by atoms with E-state index in [1.165, 1.54) is 12.1 Å². The molecule has 21 nitrogen and oxygen atoms in total. The number of rotatable bonds is 30. The van der Waals surface area contributed by atoms with E-state index in [1.807, 2.05) is 6.92 Å². The van der Waals surface area contributed by atoms with Crippen LogP contribution < -0.4 is 26.6 Å². The number of unbranched alkanes of at least 4 members (excludes halogenated alkanes) is 1. The van der Waals surface area contributed by atoms with Crippen molar-refractivity contribution in [3.05, 3.63) is 38.4 Å². The van der Waals surface area contributed by atoms with Gasteiger partial charge in [0.25, 0.3) is 11.4 Å². The first kappa shape index (κ1) is 48.7. The fourth-order valence-electron chi connectivity index (χ4n) is 4.69. The third-order valence-electron chi connectivity index (χ3n) is 7.46. The molecule has 0 aromatic heterocycles. The van der Waals surface area contributed by atoms with Gasteiger partial charge in [-0.05, 0) is 52.5 Å². The van der Waals surface area contributed by atoms with Gasteiger partial charge < -0.3 is 50.9 Å². The van der Waals surface area contributed by atoms with Gasteiger partial charge in [0, 0.05) is 38.8 Å². The van der Waals surface area contributed by atoms with Crippen molar-refractivity contribution in [3.63, 3.8) is 0 Å². The summed E-state index contributed by atoms with van der Waals surface area (Å²) >= 11 is 0. The molecule has 1 aromatic rings. The summed E-state index contributed by atoms with van der Waals surface area (Å²) in [5, 5.41) is 42.2. The maximum absolute atomic E-state index is 12.9. The van der Waals surface area contributed by atoms with Crippen LogP contribution in [0, 0.1) is 25.6 Å². The van der Waals surface area contributed by atoms with Gasteiger partial charge in [0.2, 0.25) is 17.7 Å². The highest BCUT2D eigenvalue weighted by Crippen LogP contribution is 2.28. The molecule has 56 heavy (non-hydrogen) atoms. The van der Waals surface area contributed by atoms with E-state index in [2.05, 4.69) is 26.6 Å². The topological polar surface area (TPSA) is 293 Å². The standard InChI is InChI=1S/C35H56N8O13/c1-5-6-9-27(30(44)23-36)40-32(46)24-39-33(47)28(41-34(48)56-35(2,3)4)12-13-31(45)38-15-8-17-54-19-21-55-20-18-53-16-7-14-37-26-11-10-25(42(49)50)22-29(26)43(51)52/h10-11,22-23,27-28,36-37H,5-9,12-21,24H2,1-4H3,(H,38,45)(H,39,47)(H,40,46)(H,41,48). The van der Waals surface area contributed by atoms with Crippen molar-refractivity contribution in [2.24, 2.45) is 0 Å². The first-order valence-electron chi connectivity index (χ1n) is 18.3. The van der Waals surface area contributed by atoms with E-state index in [1.54, 1.807) is 20.8 Å². The lowest BCUT2D eigenvalue weighted by Gasteiger charge is -2.23. The summed E-state index contributed by atoms with van der Waals surface area (Å²) in [4.78, 5) is 82.9. The number of benzene rings is 1. The summed E-state index contributed by atoms with van der Waals surface area (Å²) in [6.45, 7) is 9.01. The molecule has 0 aliphatic heterocycles. The van der Waals surface area contributed by atoms with Crippen LogP contribution >= 0.6 is 0 Å². The normalized spacial score (nSPS) is 12.1. The Morgan fingerprint density at radius 2 is 1.43 bits per heavy atom. The fraction of sp³-hybridized carbons (Fsp3) is 0.657. The third-order valence-corrected chi connectivity index (χ3v) is 7.46. The van der Waals surface area contributed by atoms with Crippen LogP contribution in [0.4, 0.5) is 21.9 Å². The Morgan fingerprint density at radius 1 is 0.804 bits per heavy atom. The molecule has 4 amide bonds. The van der Waals surface area contributed by atoms with Crippen LogP contribution in [0.2, 0.25) is 0 Å². The van der Waals surface area contributed by atoms with Crippen LogP contribution in [0.25, 0.3) is 0 Å². The molecule has 21 heteroatoms. The van der Waals surface area contributed by atoms with Crippen molar-refractivity contribution in [3.8, 4) is 0 Å². The average Bonchev–Trinajstić information content (AvgIpc) is 3.14. The largest absolute Gasteiger partial charge is 0.444 e. The number of nitro benzene ring substituents is 2. The van der Waals surface area contributed by atoms with Crippen LogP contribution in [-0.2, 0) is 38.1 Å². The number of anilines is 1. The van der Waals surface area contributed by atoms with E-state index in [0.717, 1.165) is 12.5 Å². The second-order valence-electron chi connectivity index (χ2n) is 13.3. The Morgan fingerprint density at radius 3 is 2.00 bits per heavy atom. The van der Waals surface area contributed by atoms with Crippen molar-refractivity contribution in [2.45, 2.75) is 90.3 Å². The highest BCUT2D eigenvalue weighted by atomic mass is 16.6. The molecule has 1 aromatic carbocycles. The number of ketones is 1. The molecular weight excluding hydrogens is 740 g/mol. The minimum absolute atomic E-state index is 0.0919. The van der Waals surface area contributed by atoms with Gasteiger partial charge in [-0.1, -0.05) is 19.8 Å². The van der Waals surface area contributed by atoms with Gasteiger partial charge in [-0.15, -0.1) is 0 Å². The fourth-order valence-corrected chi connectivity index (χ4v) is 4.69. The molecule has 0 fully saturated rings. The first-order valence-corrected chi connectivity index (χ1v) is 18.3. The van der Waals surface area contributed by atoms with Crippen molar-refractivity contribution in [1.29, 1.82) is 5.41 Å². The molecular formula is C35H56N8O13. The monoisotopic (exact) mass is 796 g/mol. The van der Waals surface area contributed by atoms with Crippen molar-refractivity contribution in [1.82, 2.24) is 21.3 Å². The molecule has 314 valence electrons. The summed E-state index contributed by atoms with van der Waals surface area (Å²) in [5.41, 5.74) is -1.41. The lowest BCUT2D eigenvalue weighted by molar-refractivity contribution is -0.393. The number of Topliss-reactive ketones (excluding diaryl/α,β-unsaturated/α-hetero) is 1. The number of nitro groups is 2. The number of amides is 4. The molecule has 0 saturated heterocycles. The lowest BCUT2D eigenvalue weighted by atomic mass is 10.1. The van der Waals surface area contributed by atoms with Gasteiger partial charge >= 0.3 is 6.09 Å². The highest BCUT2D eigenvalue weighted by molar-refractivity contribution is 6.29. The summed E-state index contributed by atoms with van der Waals surface area (Å²) in [5.74, 6) is -2.31. The van der Waals surface area contributed by atoms with Crippen LogP contribution in [0.5, 0.6) is 0 Å². The molecule has 0 heterocycles. The summed E-state index contributed by atoms with van der Waals surface area (Å²) in [7, 11) is 0. The predicted molar refractivity (Wildman–Crippen MR) is 204 cm³/mol. The van der Waals surface area contributed by atoms with Crippen molar-refractivity contribution >= 4 is 52.9 Å². The average molecular weight is 797 g/mol. The van der Waals surface area contributed by atoms with Gasteiger partial charge in [-0.25, -0.2) is 4.79 Å².